The summed E-state index contributed by atoms with van der Waals surface area (Å²) in [4.78, 5) is 25.2. The third-order valence-electron chi connectivity index (χ3n) is 4.53. The van der Waals surface area contributed by atoms with Crippen LogP contribution in [0.5, 0.6) is 11.5 Å². The minimum Gasteiger partial charge on any atom is -0.493 e. The maximum atomic E-state index is 13.1. The van der Waals surface area contributed by atoms with Crippen LogP contribution in [0.4, 0.5) is 10.5 Å². The zero-order chi connectivity index (χ0) is 20.3. The number of methoxy groups -OCH3 is 2. The average Bonchev–Trinajstić information content (AvgIpc) is 2.66. The number of para-hydroxylation sites is 1. The molecule has 1 aliphatic heterocycles. The third-order valence-corrected chi connectivity index (χ3v) is 4.53. The van der Waals surface area contributed by atoms with Gasteiger partial charge in [0, 0.05) is 16.9 Å². The second-order valence-electron chi connectivity index (χ2n) is 6.48. The molecule has 1 heterocycles. The number of carbonyl (C=O) groups excluding carboxylic acids is 2. The van der Waals surface area contributed by atoms with Crippen LogP contribution in [-0.4, -0.2) is 26.2 Å². The van der Waals surface area contributed by atoms with Crippen LogP contribution in [0.25, 0.3) is 0 Å². The minimum absolute atomic E-state index is 0.314. The van der Waals surface area contributed by atoms with Gasteiger partial charge in [-0.2, -0.15) is 0 Å². The minimum atomic E-state index is -0.691. The molecule has 0 aromatic heterocycles. The first-order valence-electron chi connectivity index (χ1n) is 8.81. The van der Waals surface area contributed by atoms with E-state index < -0.39 is 6.04 Å². The van der Waals surface area contributed by atoms with Gasteiger partial charge in [0.1, 0.15) is 0 Å². The molecule has 0 bridgehead atoms. The molecule has 1 aliphatic rings. The zero-order valence-corrected chi connectivity index (χ0v) is 16.3. The van der Waals surface area contributed by atoms with Gasteiger partial charge in [0.05, 0.1) is 25.8 Å². The lowest BCUT2D eigenvalue weighted by molar-refractivity contribution is -0.113. The van der Waals surface area contributed by atoms with E-state index in [9.17, 15) is 9.59 Å². The Morgan fingerprint density at radius 2 is 1.82 bits per heavy atom. The monoisotopic (exact) mass is 381 g/mol. The van der Waals surface area contributed by atoms with Gasteiger partial charge in [-0.1, -0.05) is 24.3 Å². The Kier molecular flexibility index (Phi) is 5.54. The van der Waals surface area contributed by atoms with Gasteiger partial charge in [-0.05, 0) is 37.6 Å². The van der Waals surface area contributed by atoms with Crippen LogP contribution in [0.3, 0.4) is 0 Å². The molecule has 0 aliphatic carbocycles. The molecule has 2 aromatic carbocycles. The number of benzene rings is 2. The Balaban J connectivity index is 2.03. The topological polar surface area (TPSA) is 88.7 Å². The highest BCUT2D eigenvalue weighted by Crippen LogP contribution is 2.39. The fraction of sp³-hybridized carbons (Fsp3) is 0.238. The number of aryl methyl sites for hydroxylation is 1. The van der Waals surface area contributed by atoms with Crippen LogP contribution in [0.2, 0.25) is 0 Å². The molecule has 3 N–H and O–H groups in total. The predicted octanol–water partition coefficient (Wildman–Crippen LogP) is 3.28. The van der Waals surface area contributed by atoms with Crippen molar-refractivity contribution in [2.75, 3.05) is 19.5 Å². The van der Waals surface area contributed by atoms with E-state index in [1.807, 2.05) is 31.2 Å². The highest BCUT2D eigenvalue weighted by Gasteiger charge is 2.33. The number of hydrogen-bond donors (Lipinski definition) is 3. The van der Waals surface area contributed by atoms with E-state index in [4.69, 9.17) is 9.47 Å². The number of amides is 3. The van der Waals surface area contributed by atoms with Crippen molar-refractivity contribution in [2.24, 2.45) is 0 Å². The van der Waals surface area contributed by atoms with Gasteiger partial charge in [0.2, 0.25) is 0 Å². The summed E-state index contributed by atoms with van der Waals surface area (Å²) in [5.74, 6) is 0.667. The molecule has 1 atom stereocenters. The Morgan fingerprint density at radius 1 is 1.07 bits per heavy atom. The number of nitrogens with one attached hydrogen (secondary N) is 3. The van der Waals surface area contributed by atoms with Gasteiger partial charge in [-0.25, -0.2) is 4.79 Å². The largest absolute Gasteiger partial charge is 0.493 e. The molecular formula is C21H23N3O4. The molecule has 0 unspecified atom stereocenters. The molecule has 0 fully saturated rings. The number of urea groups is 1. The second-order valence-corrected chi connectivity index (χ2v) is 6.48. The Morgan fingerprint density at radius 3 is 2.50 bits per heavy atom. The van der Waals surface area contributed by atoms with Crippen molar-refractivity contribution in [3.63, 3.8) is 0 Å². The Bertz CT molecular complexity index is 952. The second kappa shape index (κ2) is 8.04. The van der Waals surface area contributed by atoms with E-state index in [1.54, 1.807) is 25.1 Å². The lowest BCUT2D eigenvalue weighted by Crippen LogP contribution is -2.46. The van der Waals surface area contributed by atoms with Gasteiger partial charge in [-0.3, -0.25) is 4.79 Å². The van der Waals surface area contributed by atoms with E-state index in [-0.39, 0.29) is 11.9 Å². The van der Waals surface area contributed by atoms with Gasteiger partial charge in [-0.15, -0.1) is 0 Å². The molecule has 2 aromatic rings. The summed E-state index contributed by atoms with van der Waals surface area (Å²) in [6.45, 7) is 3.65. The molecule has 0 spiro atoms. The molecule has 0 saturated carbocycles. The summed E-state index contributed by atoms with van der Waals surface area (Å²) < 4.78 is 10.9. The number of rotatable bonds is 5. The average molecular weight is 381 g/mol. The van der Waals surface area contributed by atoms with E-state index in [0.717, 1.165) is 5.56 Å². The highest BCUT2D eigenvalue weighted by atomic mass is 16.5. The molecule has 3 amide bonds. The standard InChI is InChI=1S/C21H23N3O4/c1-12-7-5-8-14(11-12)23-20(25)17-13(2)22-21(26)24-18(17)15-9-6-10-16(27-3)19(15)28-4/h5-11,18H,1-4H3,(H,23,25)(H2,22,24,26)/t18-/m1/s1. The smallest absolute Gasteiger partial charge is 0.319 e. The predicted molar refractivity (Wildman–Crippen MR) is 106 cm³/mol. The van der Waals surface area contributed by atoms with Crippen molar-refractivity contribution in [1.82, 2.24) is 10.6 Å². The molecule has 7 heteroatoms. The van der Waals surface area contributed by atoms with Gasteiger partial charge < -0.3 is 25.4 Å². The first-order chi connectivity index (χ1) is 13.4. The van der Waals surface area contributed by atoms with Crippen LogP contribution < -0.4 is 25.4 Å². The van der Waals surface area contributed by atoms with Crippen molar-refractivity contribution in [1.29, 1.82) is 0 Å². The van der Waals surface area contributed by atoms with Crippen LogP contribution in [0, 0.1) is 6.92 Å². The van der Waals surface area contributed by atoms with E-state index >= 15 is 0 Å². The number of carbonyl (C=O) groups is 2. The van der Waals surface area contributed by atoms with Crippen molar-refractivity contribution in [3.8, 4) is 11.5 Å². The lowest BCUT2D eigenvalue weighted by Gasteiger charge is -2.30. The molecule has 3 rings (SSSR count). The van der Waals surface area contributed by atoms with Gasteiger partial charge in [0.15, 0.2) is 11.5 Å². The molecule has 0 saturated heterocycles. The van der Waals surface area contributed by atoms with E-state index in [2.05, 4.69) is 16.0 Å². The van der Waals surface area contributed by atoms with Crippen molar-refractivity contribution in [2.45, 2.75) is 19.9 Å². The third kappa shape index (κ3) is 3.78. The molecular weight excluding hydrogens is 358 g/mol. The first-order valence-corrected chi connectivity index (χ1v) is 8.81. The summed E-state index contributed by atoms with van der Waals surface area (Å²) in [5, 5.41) is 8.39. The fourth-order valence-corrected chi connectivity index (χ4v) is 3.29. The Labute approximate surface area is 163 Å². The quantitative estimate of drug-likeness (QED) is 0.742. The van der Waals surface area contributed by atoms with Crippen LogP contribution in [0.15, 0.2) is 53.7 Å². The summed E-state index contributed by atoms with van der Waals surface area (Å²) in [6, 6.07) is 11.8. The first kappa shape index (κ1) is 19.3. The number of anilines is 1. The molecule has 0 radical (unpaired) electrons. The zero-order valence-electron chi connectivity index (χ0n) is 16.3. The highest BCUT2D eigenvalue weighted by molar-refractivity contribution is 6.07. The van der Waals surface area contributed by atoms with Gasteiger partial charge in [0.25, 0.3) is 5.91 Å². The number of hydrogen-bond acceptors (Lipinski definition) is 4. The normalized spacial score (nSPS) is 16.1. The maximum absolute atomic E-state index is 13.1. The summed E-state index contributed by atoms with van der Waals surface area (Å²) >= 11 is 0. The fourth-order valence-electron chi connectivity index (χ4n) is 3.29. The summed E-state index contributed by atoms with van der Waals surface area (Å²) in [5.41, 5.74) is 3.21. The molecule has 7 nitrogen and oxygen atoms in total. The number of allylic oxidation sites excluding steroid dienone is 1. The lowest BCUT2D eigenvalue weighted by atomic mass is 9.93. The Hall–Kier alpha value is -3.48. The van der Waals surface area contributed by atoms with E-state index in [1.165, 1.54) is 14.2 Å². The van der Waals surface area contributed by atoms with Crippen LogP contribution in [0.1, 0.15) is 24.1 Å². The van der Waals surface area contributed by atoms with Crippen molar-refractivity contribution in [3.05, 3.63) is 64.9 Å². The SMILES string of the molecule is COc1cccc([C@H]2NC(=O)NC(C)=C2C(=O)Nc2cccc(C)c2)c1OC. The molecule has 28 heavy (non-hydrogen) atoms. The van der Waals surface area contributed by atoms with Gasteiger partial charge >= 0.3 is 6.03 Å². The molecule has 146 valence electrons. The summed E-state index contributed by atoms with van der Waals surface area (Å²) in [7, 11) is 3.06. The van der Waals surface area contributed by atoms with Crippen LogP contribution in [-0.2, 0) is 4.79 Å². The van der Waals surface area contributed by atoms with E-state index in [0.29, 0.717) is 34.0 Å². The van der Waals surface area contributed by atoms with Crippen LogP contribution >= 0.6 is 0 Å². The van der Waals surface area contributed by atoms with Crippen molar-refractivity contribution >= 4 is 17.6 Å². The van der Waals surface area contributed by atoms with Crippen molar-refractivity contribution < 1.29 is 19.1 Å². The summed E-state index contributed by atoms with van der Waals surface area (Å²) in [6.07, 6.45) is 0. The number of ether oxygens (including phenoxy) is 2. The maximum Gasteiger partial charge on any atom is 0.319 e.